The number of hydrogen-bond acceptors (Lipinski definition) is 10. The van der Waals surface area contributed by atoms with E-state index in [1.165, 1.54) is 6.33 Å². The summed E-state index contributed by atoms with van der Waals surface area (Å²) >= 11 is 0. The fraction of sp³-hybridized carbons (Fsp3) is 0.733. The van der Waals surface area contributed by atoms with E-state index in [1.54, 1.807) is 12.3 Å². The number of ether oxygens (including phenoxy) is 2. The number of nitrogens with zero attached hydrogens (tertiary/aromatic N) is 2. The maximum Gasteiger partial charge on any atom is 0.697 e. The first kappa shape index (κ1) is 19.5. The van der Waals surface area contributed by atoms with Crippen molar-refractivity contribution in [2.24, 2.45) is 5.92 Å². The predicted octanol–water partition coefficient (Wildman–Crippen LogP) is 1.38. The zero-order valence-electron chi connectivity index (χ0n) is 14.4. The van der Waals surface area contributed by atoms with E-state index in [9.17, 15) is 9.67 Å². The van der Waals surface area contributed by atoms with E-state index in [4.69, 9.17) is 27.6 Å². The van der Waals surface area contributed by atoms with Crippen molar-refractivity contribution in [1.29, 1.82) is 0 Å². The van der Waals surface area contributed by atoms with Gasteiger partial charge in [0.15, 0.2) is 15.1 Å². The molecule has 0 spiro atoms. The van der Waals surface area contributed by atoms with Crippen LogP contribution >= 0.6 is 17.3 Å². The van der Waals surface area contributed by atoms with Gasteiger partial charge < -0.3 is 23.6 Å². The fourth-order valence-corrected chi connectivity index (χ4v) is 4.87. The summed E-state index contributed by atoms with van der Waals surface area (Å²) < 4.78 is 45.5. The third kappa shape index (κ3) is 4.96. The van der Waals surface area contributed by atoms with E-state index in [0.717, 1.165) is 0 Å². The number of aromatic nitrogens is 2. The molecule has 3 fully saturated rings. The Balaban J connectivity index is 1.38. The summed E-state index contributed by atoms with van der Waals surface area (Å²) in [5, 5.41) is 10.1. The van der Waals surface area contributed by atoms with Crippen LogP contribution in [-0.2, 0) is 27.4 Å². The first-order chi connectivity index (χ1) is 13.2. The molecular weight excluding hydrogens is 398 g/mol. The third-order valence-electron chi connectivity index (χ3n) is 4.79. The zero-order chi connectivity index (χ0) is 18.6. The van der Waals surface area contributed by atoms with Crippen molar-refractivity contribution in [2.45, 2.75) is 43.4 Å². The summed E-state index contributed by atoms with van der Waals surface area (Å²) in [6, 6.07) is 1.70. The summed E-state index contributed by atoms with van der Waals surface area (Å²) in [5.74, 6) is 0.482. The molecule has 1 aromatic heterocycles. The number of aliphatic hydroxyl groups excluding tert-OH is 1. The molecule has 3 heterocycles. The first-order valence-electron chi connectivity index (χ1n) is 8.71. The van der Waals surface area contributed by atoms with Gasteiger partial charge in [-0.1, -0.05) is 0 Å². The van der Waals surface area contributed by atoms with Gasteiger partial charge in [-0.05, 0) is 6.42 Å². The largest absolute Gasteiger partial charge is 0.697 e. The van der Waals surface area contributed by atoms with Crippen molar-refractivity contribution in [3.63, 3.8) is 0 Å². The topological polar surface area (TPSA) is 118 Å². The van der Waals surface area contributed by atoms with Crippen LogP contribution in [0.25, 0.3) is 0 Å². The molecular formula is C15H21N2O8P2+. The first-order valence-corrected chi connectivity index (χ1v) is 10.6. The maximum absolute atomic E-state index is 12.1. The van der Waals surface area contributed by atoms with E-state index < -0.39 is 26.6 Å². The minimum Gasteiger partial charge on any atom is -0.474 e. The van der Waals surface area contributed by atoms with Crippen molar-refractivity contribution in [2.75, 3.05) is 19.8 Å². The van der Waals surface area contributed by atoms with Crippen LogP contribution in [0.5, 0.6) is 5.88 Å². The Morgan fingerprint density at radius 2 is 2.15 bits per heavy atom. The molecule has 3 aliphatic rings. The summed E-state index contributed by atoms with van der Waals surface area (Å²) in [5.41, 5.74) is 0. The molecule has 8 atom stereocenters. The van der Waals surface area contributed by atoms with Crippen LogP contribution in [-0.4, -0.2) is 65.4 Å². The quantitative estimate of drug-likeness (QED) is 0.704. The average Bonchev–Trinajstić information content (AvgIpc) is 3.21. The molecule has 10 nitrogen and oxygen atoms in total. The molecule has 0 radical (unpaired) electrons. The molecule has 4 rings (SSSR count). The molecule has 5 unspecified atom stereocenters. The Morgan fingerprint density at radius 3 is 3.00 bits per heavy atom. The monoisotopic (exact) mass is 419 g/mol. The lowest BCUT2D eigenvalue weighted by Crippen LogP contribution is -2.33. The highest BCUT2D eigenvalue weighted by Gasteiger charge is 2.45. The molecule has 2 saturated heterocycles. The van der Waals surface area contributed by atoms with Crippen LogP contribution in [0, 0.1) is 5.92 Å². The van der Waals surface area contributed by atoms with E-state index >= 15 is 0 Å². The summed E-state index contributed by atoms with van der Waals surface area (Å²) in [4.78, 5) is 7.94. The lowest BCUT2D eigenvalue weighted by atomic mass is 10.1. The molecule has 148 valence electrons. The second-order valence-electron chi connectivity index (χ2n) is 6.60. The van der Waals surface area contributed by atoms with Crippen molar-refractivity contribution in [1.82, 2.24) is 9.97 Å². The molecule has 1 aromatic rings. The highest BCUT2D eigenvalue weighted by Crippen LogP contribution is 2.39. The van der Waals surface area contributed by atoms with Crippen molar-refractivity contribution in [3.05, 3.63) is 18.6 Å². The Kier molecular flexibility index (Phi) is 6.58. The standard InChI is InChI=1S/C15H21N2O8P2/c18-15-12-7-21-26-24-11-4-10(23-14-1-2-16-8-17-14)3-9(11)5-22-27(19)25-13(15)6-20-12/h1-2,8-13,15,18,26H,3-7H2/q+1/t9?,10?,11-,12?,13-,15+/m0/s1. The average molecular weight is 419 g/mol. The van der Waals surface area contributed by atoms with Crippen LogP contribution in [0.1, 0.15) is 12.8 Å². The second-order valence-corrected chi connectivity index (χ2v) is 8.20. The van der Waals surface area contributed by atoms with Crippen LogP contribution in [0.4, 0.5) is 0 Å². The Labute approximate surface area is 158 Å². The van der Waals surface area contributed by atoms with Gasteiger partial charge in [-0.3, -0.25) is 0 Å². The normalized spacial score (nSPS) is 40.0. The van der Waals surface area contributed by atoms with Gasteiger partial charge in [0.1, 0.15) is 31.2 Å². The van der Waals surface area contributed by atoms with Gasteiger partial charge in [0.2, 0.25) is 5.88 Å². The second kappa shape index (κ2) is 9.11. The van der Waals surface area contributed by atoms with Crippen LogP contribution < -0.4 is 4.74 Å². The zero-order valence-corrected chi connectivity index (χ0v) is 16.3. The molecule has 1 aliphatic carbocycles. The van der Waals surface area contributed by atoms with Gasteiger partial charge in [-0.25, -0.2) is 9.97 Å². The number of aliphatic hydroxyl groups is 1. The maximum atomic E-state index is 12.1. The third-order valence-corrected chi connectivity index (χ3v) is 6.27. The number of hydrogen-bond donors (Lipinski definition) is 1. The Hall–Kier alpha value is -0.830. The predicted molar refractivity (Wildman–Crippen MR) is 92.5 cm³/mol. The van der Waals surface area contributed by atoms with E-state index in [-0.39, 0.29) is 47.0 Å². The van der Waals surface area contributed by atoms with Gasteiger partial charge in [-0.15, -0.1) is 9.05 Å². The smallest absolute Gasteiger partial charge is 0.474 e. The minimum atomic E-state index is -2.37. The number of rotatable bonds is 2. The SMILES string of the molecule is O=[P+]1OCC2CC(Oc3ccncn3)C[C@@H]2OPOCC2OC[C@H](O1)[C@@H]2O. The molecule has 2 aliphatic heterocycles. The van der Waals surface area contributed by atoms with Gasteiger partial charge in [0.05, 0.1) is 19.3 Å². The van der Waals surface area contributed by atoms with E-state index in [1.807, 2.05) is 0 Å². The van der Waals surface area contributed by atoms with Crippen molar-refractivity contribution >= 4 is 17.3 Å². The molecule has 27 heavy (non-hydrogen) atoms. The Morgan fingerprint density at radius 1 is 1.22 bits per heavy atom. The van der Waals surface area contributed by atoms with Gasteiger partial charge >= 0.3 is 8.25 Å². The highest BCUT2D eigenvalue weighted by atomic mass is 31.1. The summed E-state index contributed by atoms with van der Waals surface area (Å²) in [6.45, 7) is 0.515. The van der Waals surface area contributed by atoms with E-state index in [0.29, 0.717) is 18.7 Å². The molecule has 0 aromatic carbocycles. The van der Waals surface area contributed by atoms with Crippen molar-refractivity contribution < 1.29 is 37.2 Å². The molecule has 2 bridgehead atoms. The van der Waals surface area contributed by atoms with Crippen LogP contribution in [0.3, 0.4) is 0 Å². The fourth-order valence-electron chi connectivity index (χ4n) is 3.38. The lowest BCUT2D eigenvalue weighted by molar-refractivity contribution is 0.00260. The Bertz CT molecular complexity index is 642. The van der Waals surface area contributed by atoms with Gasteiger partial charge in [-0.2, -0.15) is 0 Å². The molecule has 0 amide bonds. The molecule has 12 heteroatoms. The summed E-state index contributed by atoms with van der Waals surface area (Å²) in [6.07, 6.45) is 1.94. The number of fused-ring (bicyclic) bond motifs is 3. The van der Waals surface area contributed by atoms with Gasteiger partial charge in [0.25, 0.3) is 0 Å². The summed E-state index contributed by atoms with van der Waals surface area (Å²) in [7, 11) is -2.57. The van der Waals surface area contributed by atoms with E-state index in [2.05, 4.69) is 9.97 Å². The minimum absolute atomic E-state index is 0.0189. The van der Waals surface area contributed by atoms with Crippen LogP contribution in [0.2, 0.25) is 0 Å². The molecule has 1 saturated carbocycles. The highest BCUT2D eigenvalue weighted by molar-refractivity contribution is 7.33. The van der Waals surface area contributed by atoms with Crippen LogP contribution in [0.15, 0.2) is 18.6 Å². The van der Waals surface area contributed by atoms with Crippen molar-refractivity contribution in [3.8, 4) is 5.88 Å². The van der Waals surface area contributed by atoms with Gasteiger partial charge in [0, 0.05) is 29.2 Å². The molecule has 1 N–H and O–H groups in total. The lowest BCUT2D eigenvalue weighted by Gasteiger charge is -2.18.